The van der Waals surface area contributed by atoms with Gasteiger partial charge in [0.15, 0.2) is 5.78 Å². The zero-order chi connectivity index (χ0) is 17.3. The Kier molecular flexibility index (Phi) is 4.60. The second-order valence-electron chi connectivity index (χ2n) is 5.44. The number of carbonyl (C=O) groups excluding carboxylic acids is 2. The van der Waals surface area contributed by atoms with E-state index < -0.39 is 18.0 Å². The lowest BCUT2D eigenvalue weighted by Gasteiger charge is -2.34. The average Bonchev–Trinajstić information content (AvgIpc) is 2.54. The molecule has 0 aliphatic carbocycles. The molecule has 2 aromatic carbocycles. The maximum Gasteiger partial charge on any atom is 0.319 e. The van der Waals surface area contributed by atoms with Crippen LogP contribution in [0.4, 0.5) is 4.79 Å². The van der Waals surface area contributed by atoms with Crippen LogP contribution in [-0.2, 0) is 0 Å². The summed E-state index contributed by atoms with van der Waals surface area (Å²) in [6.45, 7) is 3.85. The highest BCUT2D eigenvalue weighted by molar-refractivity contribution is 6.36. The van der Waals surface area contributed by atoms with Crippen molar-refractivity contribution >= 4 is 35.0 Å². The lowest BCUT2D eigenvalue weighted by atomic mass is 9.83. The third-order valence-corrected chi connectivity index (χ3v) is 4.58. The van der Waals surface area contributed by atoms with Crippen molar-refractivity contribution < 1.29 is 9.59 Å². The number of amides is 2. The van der Waals surface area contributed by atoms with E-state index in [9.17, 15) is 9.59 Å². The summed E-state index contributed by atoms with van der Waals surface area (Å²) in [4.78, 5) is 24.9. The van der Waals surface area contributed by atoms with Gasteiger partial charge in [0.25, 0.3) is 0 Å². The van der Waals surface area contributed by atoms with E-state index in [2.05, 4.69) is 17.2 Å². The van der Waals surface area contributed by atoms with Crippen LogP contribution in [0.5, 0.6) is 0 Å². The van der Waals surface area contributed by atoms with Crippen LogP contribution < -0.4 is 10.6 Å². The van der Waals surface area contributed by atoms with Crippen molar-refractivity contribution in [2.45, 2.75) is 6.04 Å². The molecule has 4 nitrogen and oxygen atoms in total. The highest BCUT2D eigenvalue weighted by Crippen LogP contribution is 2.39. The maximum atomic E-state index is 13.0. The van der Waals surface area contributed by atoms with Crippen LogP contribution >= 0.6 is 23.2 Å². The largest absolute Gasteiger partial charge is 0.330 e. The fourth-order valence-corrected chi connectivity index (χ4v) is 3.46. The summed E-state index contributed by atoms with van der Waals surface area (Å²) in [6, 6.07) is 12.7. The first kappa shape index (κ1) is 16.6. The Balaban J connectivity index is 2.08. The van der Waals surface area contributed by atoms with E-state index in [1.54, 1.807) is 42.5 Å². The monoisotopic (exact) mass is 360 g/mol. The number of urea groups is 1. The number of Topliss-reactive ketones (excluding diaryl/α,β-unsaturated/α-hetero) is 1. The third kappa shape index (κ3) is 3.03. The minimum Gasteiger partial charge on any atom is -0.330 e. The molecule has 2 N–H and O–H groups in total. The molecule has 0 saturated carbocycles. The highest BCUT2D eigenvalue weighted by atomic mass is 35.5. The molecule has 3 rings (SSSR count). The number of halogens is 2. The van der Waals surface area contributed by atoms with Crippen LogP contribution in [0, 0.1) is 5.92 Å². The van der Waals surface area contributed by atoms with E-state index in [0.29, 0.717) is 26.9 Å². The normalized spacial score (nSPS) is 20.2. The maximum absolute atomic E-state index is 13.0. The van der Waals surface area contributed by atoms with Crippen LogP contribution in [-0.4, -0.2) is 11.8 Å². The summed E-state index contributed by atoms with van der Waals surface area (Å²) < 4.78 is 0. The molecule has 0 aromatic heterocycles. The molecule has 0 bridgehead atoms. The smallest absolute Gasteiger partial charge is 0.319 e. The van der Waals surface area contributed by atoms with Gasteiger partial charge in [0.05, 0.1) is 12.0 Å². The van der Waals surface area contributed by atoms with Crippen LogP contribution in [0.2, 0.25) is 10.0 Å². The van der Waals surface area contributed by atoms with Gasteiger partial charge in [0, 0.05) is 26.9 Å². The van der Waals surface area contributed by atoms with Gasteiger partial charge in [-0.15, -0.1) is 0 Å². The van der Waals surface area contributed by atoms with Crippen LogP contribution in [0.15, 0.2) is 60.8 Å². The van der Waals surface area contributed by atoms with Crippen LogP contribution in [0.3, 0.4) is 0 Å². The zero-order valence-electron chi connectivity index (χ0n) is 12.6. The number of ketones is 1. The molecular formula is C18H14Cl2N2O2. The molecule has 1 heterocycles. The molecule has 6 heteroatoms. The molecule has 2 amide bonds. The van der Waals surface area contributed by atoms with Gasteiger partial charge >= 0.3 is 6.03 Å². The molecule has 1 aliphatic rings. The molecule has 1 fully saturated rings. The molecule has 122 valence electrons. The Labute approximate surface area is 149 Å². The Morgan fingerprint density at radius 3 is 2.25 bits per heavy atom. The van der Waals surface area contributed by atoms with E-state index in [4.69, 9.17) is 23.2 Å². The number of benzene rings is 2. The highest BCUT2D eigenvalue weighted by Gasteiger charge is 2.39. The Bertz CT molecular complexity index is 801. The average molecular weight is 361 g/mol. The zero-order valence-corrected chi connectivity index (χ0v) is 14.1. The van der Waals surface area contributed by atoms with Gasteiger partial charge in [-0.3, -0.25) is 4.79 Å². The standard InChI is InChI=1S/C18H14Cl2N2O2/c1-10-14(17(23)11-6-3-2-4-7-11)16(22-18(24)21-10)15-12(19)8-5-9-13(15)20/h2-9,14,16H,1H2,(H2,21,22,24)/t14-,16-/m0/s1. The summed E-state index contributed by atoms with van der Waals surface area (Å²) in [5.41, 5.74) is 1.34. The minimum absolute atomic E-state index is 0.172. The molecule has 1 saturated heterocycles. The van der Waals surface area contributed by atoms with E-state index in [1.807, 2.05) is 6.07 Å². The SMILES string of the molecule is C=C1NC(=O)N[C@H](c2c(Cl)cccc2Cl)[C@H]1C(=O)c1ccccc1. The van der Waals surface area contributed by atoms with Gasteiger partial charge in [-0.25, -0.2) is 4.79 Å². The third-order valence-electron chi connectivity index (χ3n) is 3.92. The predicted molar refractivity (Wildman–Crippen MR) is 94.3 cm³/mol. The second-order valence-corrected chi connectivity index (χ2v) is 6.26. The summed E-state index contributed by atoms with van der Waals surface area (Å²) in [5, 5.41) is 6.08. The predicted octanol–water partition coefficient (Wildman–Crippen LogP) is 4.36. The van der Waals surface area contributed by atoms with Gasteiger partial charge in [-0.05, 0) is 12.1 Å². The Morgan fingerprint density at radius 2 is 1.62 bits per heavy atom. The molecule has 0 unspecified atom stereocenters. The van der Waals surface area contributed by atoms with Crippen LogP contribution in [0.1, 0.15) is 22.0 Å². The lowest BCUT2D eigenvalue weighted by Crippen LogP contribution is -2.50. The fourth-order valence-electron chi connectivity index (χ4n) is 2.82. The fraction of sp³-hybridized carbons (Fsp3) is 0.111. The van der Waals surface area contributed by atoms with Crippen molar-refractivity contribution in [3.05, 3.63) is 82.0 Å². The van der Waals surface area contributed by atoms with Crippen molar-refractivity contribution in [2.24, 2.45) is 5.92 Å². The van der Waals surface area contributed by atoms with Gasteiger partial charge < -0.3 is 10.6 Å². The Hall–Kier alpha value is -2.30. The van der Waals surface area contributed by atoms with E-state index >= 15 is 0 Å². The molecule has 24 heavy (non-hydrogen) atoms. The van der Waals surface area contributed by atoms with Crippen molar-refractivity contribution in [3.63, 3.8) is 0 Å². The number of hydrogen-bond acceptors (Lipinski definition) is 2. The number of hydrogen-bond donors (Lipinski definition) is 2. The summed E-state index contributed by atoms with van der Waals surface area (Å²) in [7, 11) is 0. The first-order chi connectivity index (χ1) is 11.5. The lowest BCUT2D eigenvalue weighted by molar-refractivity contribution is 0.0905. The number of rotatable bonds is 3. The second kappa shape index (κ2) is 6.67. The van der Waals surface area contributed by atoms with Gasteiger partial charge in [-0.1, -0.05) is 66.2 Å². The van der Waals surface area contributed by atoms with Crippen molar-refractivity contribution in [1.29, 1.82) is 0 Å². The van der Waals surface area contributed by atoms with Gasteiger partial charge in [-0.2, -0.15) is 0 Å². The molecule has 1 aliphatic heterocycles. The first-order valence-corrected chi connectivity index (χ1v) is 8.04. The molecular weight excluding hydrogens is 347 g/mol. The Morgan fingerprint density at radius 1 is 1.00 bits per heavy atom. The van der Waals surface area contributed by atoms with Crippen LogP contribution in [0.25, 0.3) is 0 Å². The van der Waals surface area contributed by atoms with Gasteiger partial charge in [0.2, 0.25) is 0 Å². The minimum atomic E-state index is -0.720. The van der Waals surface area contributed by atoms with E-state index in [1.165, 1.54) is 0 Å². The van der Waals surface area contributed by atoms with Crippen molar-refractivity contribution in [1.82, 2.24) is 10.6 Å². The van der Waals surface area contributed by atoms with Crippen molar-refractivity contribution in [3.8, 4) is 0 Å². The molecule has 0 spiro atoms. The van der Waals surface area contributed by atoms with Crippen molar-refractivity contribution in [2.75, 3.05) is 0 Å². The number of carbonyl (C=O) groups is 2. The molecule has 2 aromatic rings. The molecule has 0 radical (unpaired) electrons. The summed E-state index contributed by atoms with van der Waals surface area (Å²) in [5.74, 6) is -0.892. The quantitative estimate of drug-likeness (QED) is 0.798. The van der Waals surface area contributed by atoms with E-state index in [0.717, 1.165) is 0 Å². The van der Waals surface area contributed by atoms with E-state index in [-0.39, 0.29) is 5.78 Å². The number of nitrogens with one attached hydrogen (secondary N) is 2. The summed E-state index contributed by atoms with van der Waals surface area (Å²) in [6.07, 6.45) is 0. The first-order valence-electron chi connectivity index (χ1n) is 7.28. The summed E-state index contributed by atoms with van der Waals surface area (Å²) >= 11 is 12.6. The molecule has 2 atom stereocenters. The topological polar surface area (TPSA) is 58.2 Å². The van der Waals surface area contributed by atoms with Gasteiger partial charge in [0.1, 0.15) is 0 Å².